The van der Waals surface area contributed by atoms with Crippen molar-refractivity contribution in [2.24, 2.45) is 0 Å². The molecule has 0 atom stereocenters. The summed E-state index contributed by atoms with van der Waals surface area (Å²) in [6.45, 7) is 5.83. The Balaban J connectivity index is 1.98. The molecule has 19 heavy (non-hydrogen) atoms. The maximum Gasteiger partial charge on any atom is 0.131 e. The fraction of sp³-hybridized carbons (Fsp3) is 0.357. The van der Waals surface area contributed by atoms with Gasteiger partial charge in [0.1, 0.15) is 18.0 Å². The number of hydrogen-bond acceptors (Lipinski definition) is 5. The van der Waals surface area contributed by atoms with Gasteiger partial charge in [-0.25, -0.2) is 9.97 Å². The molecule has 0 aromatic carbocycles. The highest BCUT2D eigenvalue weighted by Crippen LogP contribution is 2.11. The zero-order valence-electron chi connectivity index (χ0n) is 11.3. The number of anilines is 2. The Kier molecular flexibility index (Phi) is 4.66. The van der Waals surface area contributed by atoms with E-state index in [2.05, 4.69) is 39.4 Å². The molecule has 0 amide bonds. The summed E-state index contributed by atoms with van der Waals surface area (Å²) in [5.41, 5.74) is 2.39. The molecule has 100 valence electrons. The van der Waals surface area contributed by atoms with E-state index in [-0.39, 0.29) is 0 Å². The zero-order valence-corrected chi connectivity index (χ0v) is 11.3. The van der Waals surface area contributed by atoms with Crippen LogP contribution >= 0.6 is 0 Å². The average molecular weight is 257 g/mol. The summed E-state index contributed by atoms with van der Waals surface area (Å²) in [5.74, 6) is 1.68. The fourth-order valence-corrected chi connectivity index (χ4v) is 1.69. The van der Waals surface area contributed by atoms with Crippen molar-refractivity contribution in [1.82, 2.24) is 15.0 Å². The van der Waals surface area contributed by atoms with Gasteiger partial charge in [0.15, 0.2) is 0 Å². The number of aromatic nitrogens is 3. The van der Waals surface area contributed by atoms with E-state index in [0.717, 1.165) is 31.1 Å². The molecule has 0 aliphatic rings. The standard InChI is InChI=1S/C14H19N5/c1-3-5-16-13-7-14(19-10-18-13)17-9-12-4-6-15-8-11(12)2/h4,6-8,10H,3,5,9H2,1-2H3,(H2,16,17,18,19). The van der Waals surface area contributed by atoms with Gasteiger partial charge >= 0.3 is 0 Å². The predicted octanol–water partition coefficient (Wildman–Crippen LogP) is 2.61. The molecule has 5 heteroatoms. The van der Waals surface area contributed by atoms with Crippen LogP contribution in [0.2, 0.25) is 0 Å². The van der Waals surface area contributed by atoms with E-state index in [1.807, 2.05) is 18.3 Å². The van der Waals surface area contributed by atoms with E-state index in [1.165, 1.54) is 11.1 Å². The van der Waals surface area contributed by atoms with Gasteiger partial charge in [0.25, 0.3) is 0 Å². The minimum atomic E-state index is 0.735. The highest BCUT2D eigenvalue weighted by Gasteiger charge is 2.00. The Bertz CT molecular complexity index is 527. The second-order valence-electron chi connectivity index (χ2n) is 4.37. The Hall–Kier alpha value is -2.17. The smallest absolute Gasteiger partial charge is 0.131 e. The molecule has 2 aromatic rings. The van der Waals surface area contributed by atoms with Crippen LogP contribution in [0.1, 0.15) is 24.5 Å². The zero-order chi connectivity index (χ0) is 13.5. The summed E-state index contributed by atoms with van der Waals surface area (Å²) in [6, 6.07) is 3.94. The Morgan fingerprint density at radius 1 is 1.16 bits per heavy atom. The van der Waals surface area contributed by atoms with E-state index in [4.69, 9.17) is 0 Å². The van der Waals surface area contributed by atoms with Crippen LogP contribution < -0.4 is 10.6 Å². The average Bonchev–Trinajstić information content (AvgIpc) is 2.45. The Morgan fingerprint density at radius 2 is 1.95 bits per heavy atom. The summed E-state index contributed by atoms with van der Waals surface area (Å²) in [6.07, 6.45) is 6.31. The molecule has 0 radical (unpaired) electrons. The number of pyridine rings is 1. The van der Waals surface area contributed by atoms with Crippen molar-refractivity contribution in [3.8, 4) is 0 Å². The van der Waals surface area contributed by atoms with Gasteiger partial charge in [0.2, 0.25) is 0 Å². The largest absolute Gasteiger partial charge is 0.370 e. The van der Waals surface area contributed by atoms with Crippen LogP contribution in [0.3, 0.4) is 0 Å². The molecule has 2 rings (SSSR count). The van der Waals surface area contributed by atoms with Gasteiger partial charge in [-0.05, 0) is 30.5 Å². The lowest BCUT2D eigenvalue weighted by molar-refractivity contribution is 0.963. The molecule has 0 saturated carbocycles. The third-order valence-electron chi connectivity index (χ3n) is 2.82. The van der Waals surface area contributed by atoms with Gasteiger partial charge in [-0.2, -0.15) is 0 Å². The topological polar surface area (TPSA) is 62.7 Å². The third kappa shape index (κ3) is 3.91. The lowest BCUT2D eigenvalue weighted by Gasteiger charge is -2.09. The second-order valence-corrected chi connectivity index (χ2v) is 4.37. The molecule has 2 N–H and O–H groups in total. The van der Waals surface area contributed by atoms with Gasteiger partial charge < -0.3 is 10.6 Å². The monoisotopic (exact) mass is 257 g/mol. The van der Waals surface area contributed by atoms with Gasteiger partial charge in [0.05, 0.1) is 0 Å². The van der Waals surface area contributed by atoms with E-state index in [9.17, 15) is 0 Å². The molecular formula is C14H19N5. The number of rotatable bonds is 6. The van der Waals surface area contributed by atoms with Gasteiger partial charge in [-0.3, -0.25) is 4.98 Å². The van der Waals surface area contributed by atoms with Crippen molar-refractivity contribution < 1.29 is 0 Å². The van der Waals surface area contributed by atoms with Crippen molar-refractivity contribution in [1.29, 1.82) is 0 Å². The van der Waals surface area contributed by atoms with E-state index in [0.29, 0.717) is 0 Å². The minimum Gasteiger partial charge on any atom is -0.370 e. The van der Waals surface area contributed by atoms with Crippen molar-refractivity contribution >= 4 is 11.6 Å². The minimum absolute atomic E-state index is 0.735. The number of aryl methyl sites for hydroxylation is 1. The summed E-state index contributed by atoms with van der Waals surface area (Å²) in [5, 5.41) is 6.54. The lowest BCUT2D eigenvalue weighted by atomic mass is 10.1. The van der Waals surface area contributed by atoms with Crippen molar-refractivity contribution in [2.45, 2.75) is 26.8 Å². The summed E-state index contributed by atoms with van der Waals surface area (Å²) >= 11 is 0. The van der Waals surface area contributed by atoms with Crippen LogP contribution in [0.5, 0.6) is 0 Å². The van der Waals surface area contributed by atoms with E-state index >= 15 is 0 Å². The molecule has 0 fully saturated rings. The number of nitrogens with one attached hydrogen (secondary N) is 2. The predicted molar refractivity (Wildman–Crippen MR) is 77.1 cm³/mol. The SMILES string of the molecule is CCCNc1cc(NCc2ccncc2C)ncn1. The first-order valence-electron chi connectivity index (χ1n) is 6.49. The van der Waals surface area contributed by atoms with Gasteiger partial charge in [-0.15, -0.1) is 0 Å². The van der Waals surface area contributed by atoms with Crippen LogP contribution in [0.15, 0.2) is 30.9 Å². The second kappa shape index (κ2) is 6.68. The molecule has 0 aliphatic heterocycles. The first kappa shape index (κ1) is 13.3. The van der Waals surface area contributed by atoms with Crippen LogP contribution in [0.25, 0.3) is 0 Å². The molecule has 0 unspecified atom stereocenters. The Labute approximate surface area is 113 Å². The first-order chi connectivity index (χ1) is 9.29. The lowest BCUT2D eigenvalue weighted by Crippen LogP contribution is -2.06. The van der Waals surface area contributed by atoms with Crippen LogP contribution in [-0.2, 0) is 6.54 Å². The van der Waals surface area contributed by atoms with E-state index in [1.54, 1.807) is 12.5 Å². The molecule has 2 aromatic heterocycles. The molecule has 0 bridgehead atoms. The summed E-state index contributed by atoms with van der Waals surface area (Å²) in [7, 11) is 0. The van der Waals surface area contributed by atoms with Crippen molar-refractivity contribution in [3.05, 3.63) is 42.0 Å². The normalized spacial score (nSPS) is 10.2. The third-order valence-corrected chi connectivity index (χ3v) is 2.82. The molecule has 0 spiro atoms. The summed E-state index contributed by atoms with van der Waals surface area (Å²) < 4.78 is 0. The molecule has 0 saturated heterocycles. The van der Waals surface area contributed by atoms with Gasteiger partial charge in [0, 0.05) is 31.5 Å². The first-order valence-corrected chi connectivity index (χ1v) is 6.49. The highest BCUT2D eigenvalue weighted by molar-refractivity contribution is 5.46. The van der Waals surface area contributed by atoms with Crippen molar-refractivity contribution in [3.63, 3.8) is 0 Å². The van der Waals surface area contributed by atoms with Crippen molar-refractivity contribution in [2.75, 3.05) is 17.2 Å². The number of hydrogen-bond donors (Lipinski definition) is 2. The van der Waals surface area contributed by atoms with Crippen LogP contribution in [-0.4, -0.2) is 21.5 Å². The van der Waals surface area contributed by atoms with Crippen LogP contribution in [0.4, 0.5) is 11.6 Å². The maximum atomic E-state index is 4.21. The molecule has 0 aliphatic carbocycles. The summed E-state index contributed by atoms with van der Waals surface area (Å²) in [4.78, 5) is 12.5. The molecule has 5 nitrogen and oxygen atoms in total. The van der Waals surface area contributed by atoms with E-state index < -0.39 is 0 Å². The van der Waals surface area contributed by atoms with Gasteiger partial charge in [-0.1, -0.05) is 6.92 Å². The van der Waals surface area contributed by atoms with Crippen LogP contribution in [0, 0.1) is 6.92 Å². The molecular weight excluding hydrogens is 238 g/mol. The fourth-order valence-electron chi connectivity index (χ4n) is 1.69. The molecule has 2 heterocycles. The number of nitrogens with zero attached hydrogens (tertiary/aromatic N) is 3. The quantitative estimate of drug-likeness (QED) is 0.833. The highest BCUT2D eigenvalue weighted by atomic mass is 15.1. The Morgan fingerprint density at radius 3 is 2.68 bits per heavy atom. The maximum absolute atomic E-state index is 4.21.